The molecule has 0 radical (unpaired) electrons. The summed E-state index contributed by atoms with van der Waals surface area (Å²) in [7, 11) is 0. The van der Waals surface area contributed by atoms with Crippen molar-refractivity contribution < 1.29 is 9.90 Å². The van der Waals surface area contributed by atoms with Gasteiger partial charge >= 0.3 is 5.97 Å². The van der Waals surface area contributed by atoms with Crippen molar-refractivity contribution in [3.8, 4) is 11.3 Å². The molecule has 0 amide bonds. The molecule has 100 valence electrons. The first kappa shape index (κ1) is 12.4. The highest BCUT2D eigenvalue weighted by atomic mass is 35.5. The lowest BCUT2D eigenvalue weighted by Gasteiger charge is -2.08. The molecule has 7 heteroatoms. The highest BCUT2D eigenvalue weighted by molar-refractivity contribution is 6.34. The first-order valence-electron chi connectivity index (χ1n) is 5.70. The molecular formula is C13H9ClN4O2. The second kappa shape index (κ2) is 4.50. The summed E-state index contributed by atoms with van der Waals surface area (Å²) in [5.74, 6) is -1.10. The predicted octanol–water partition coefficient (Wildman–Crippen LogP) is 2.56. The number of H-pyrrole nitrogens is 1. The Kier molecular flexibility index (Phi) is 2.80. The third kappa shape index (κ3) is 1.78. The van der Waals surface area contributed by atoms with E-state index in [1.807, 2.05) is 24.3 Å². The van der Waals surface area contributed by atoms with Crippen molar-refractivity contribution >= 4 is 34.3 Å². The lowest BCUT2D eigenvalue weighted by Crippen LogP contribution is -2.06. The number of aromatic nitrogens is 3. The molecule has 0 spiro atoms. The van der Waals surface area contributed by atoms with E-state index in [9.17, 15) is 9.90 Å². The molecule has 6 nitrogen and oxygen atoms in total. The van der Waals surface area contributed by atoms with Crippen molar-refractivity contribution in [2.24, 2.45) is 0 Å². The number of nitrogen functional groups attached to an aromatic ring is 1. The van der Waals surface area contributed by atoms with Crippen LogP contribution in [-0.2, 0) is 0 Å². The Bertz CT molecular complexity index is 828. The Balaban J connectivity index is 2.40. The van der Waals surface area contributed by atoms with Gasteiger partial charge < -0.3 is 10.8 Å². The maximum atomic E-state index is 11.4. The monoisotopic (exact) mass is 288 g/mol. The van der Waals surface area contributed by atoms with E-state index < -0.39 is 5.97 Å². The van der Waals surface area contributed by atoms with E-state index in [2.05, 4.69) is 15.2 Å². The van der Waals surface area contributed by atoms with Crippen molar-refractivity contribution in [2.75, 3.05) is 5.73 Å². The van der Waals surface area contributed by atoms with Crippen LogP contribution in [0.15, 0.2) is 30.5 Å². The fourth-order valence-electron chi connectivity index (χ4n) is 2.11. The summed E-state index contributed by atoms with van der Waals surface area (Å²) in [6.45, 7) is 0. The zero-order valence-electron chi connectivity index (χ0n) is 10.1. The fraction of sp³-hybridized carbons (Fsp3) is 0. The number of fused-ring (bicyclic) bond motifs is 1. The SMILES string of the molecule is Nc1ncc(Cl)c(C(=O)O)c1-c1n[nH]c2ccccc12. The van der Waals surface area contributed by atoms with Crippen molar-refractivity contribution in [3.63, 3.8) is 0 Å². The molecule has 2 heterocycles. The molecule has 0 aliphatic rings. The van der Waals surface area contributed by atoms with Gasteiger partial charge in [0.2, 0.25) is 0 Å². The minimum Gasteiger partial charge on any atom is -0.478 e. The molecule has 0 bridgehead atoms. The van der Waals surface area contributed by atoms with Crippen LogP contribution in [-0.4, -0.2) is 26.3 Å². The van der Waals surface area contributed by atoms with E-state index in [0.717, 1.165) is 10.9 Å². The standard InChI is InChI=1S/C13H9ClN4O2/c14-7-5-16-12(15)10(9(7)13(19)20)11-6-3-1-2-4-8(6)17-18-11/h1-5H,(H2,15,16)(H,17,18)(H,19,20). The average molecular weight is 289 g/mol. The number of hydrogen-bond donors (Lipinski definition) is 3. The Labute approximate surface area is 118 Å². The number of carboxylic acids is 1. The van der Waals surface area contributed by atoms with Crippen molar-refractivity contribution in [1.82, 2.24) is 15.2 Å². The van der Waals surface area contributed by atoms with Crippen LogP contribution in [0, 0.1) is 0 Å². The Hall–Kier alpha value is -2.60. The lowest BCUT2D eigenvalue weighted by molar-refractivity contribution is 0.0698. The number of hydrogen-bond acceptors (Lipinski definition) is 4. The van der Waals surface area contributed by atoms with Gasteiger partial charge in [-0.25, -0.2) is 9.78 Å². The van der Waals surface area contributed by atoms with E-state index in [-0.39, 0.29) is 22.0 Å². The number of anilines is 1. The number of aromatic amines is 1. The van der Waals surface area contributed by atoms with Crippen molar-refractivity contribution in [3.05, 3.63) is 41.0 Å². The number of para-hydroxylation sites is 1. The van der Waals surface area contributed by atoms with Gasteiger partial charge in [-0.3, -0.25) is 5.10 Å². The largest absolute Gasteiger partial charge is 0.478 e. The number of carbonyl (C=O) groups is 1. The summed E-state index contributed by atoms with van der Waals surface area (Å²) < 4.78 is 0. The summed E-state index contributed by atoms with van der Waals surface area (Å²) >= 11 is 5.93. The molecule has 0 saturated heterocycles. The normalized spacial score (nSPS) is 10.8. The number of pyridine rings is 1. The third-order valence-corrected chi connectivity index (χ3v) is 3.27. The Morgan fingerprint density at radius 1 is 1.35 bits per heavy atom. The van der Waals surface area contributed by atoms with Crippen LogP contribution >= 0.6 is 11.6 Å². The number of rotatable bonds is 2. The topological polar surface area (TPSA) is 105 Å². The molecule has 0 atom stereocenters. The maximum absolute atomic E-state index is 11.4. The van der Waals surface area contributed by atoms with E-state index in [4.69, 9.17) is 17.3 Å². The van der Waals surface area contributed by atoms with Crippen LogP contribution in [0.2, 0.25) is 5.02 Å². The predicted molar refractivity (Wildman–Crippen MR) is 75.7 cm³/mol. The summed E-state index contributed by atoms with van der Waals surface area (Å²) in [5.41, 5.74) is 7.15. The van der Waals surface area contributed by atoms with Crippen molar-refractivity contribution in [1.29, 1.82) is 0 Å². The van der Waals surface area contributed by atoms with Crippen LogP contribution in [0.25, 0.3) is 22.2 Å². The fourth-order valence-corrected chi connectivity index (χ4v) is 2.33. The van der Waals surface area contributed by atoms with E-state index >= 15 is 0 Å². The summed E-state index contributed by atoms with van der Waals surface area (Å²) in [5, 5.41) is 17.1. The van der Waals surface area contributed by atoms with Gasteiger partial charge in [-0.2, -0.15) is 5.10 Å². The van der Waals surface area contributed by atoms with Crippen LogP contribution in [0.3, 0.4) is 0 Å². The van der Waals surface area contributed by atoms with Crippen molar-refractivity contribution in [2.45, 2.75) is 0 Å². The second-order valence-electron chi connectivity index (χ2n) is 4.16. The van der Waals surface area contributed by atoms with Gasteiger partial charge in [-0.15, -0.1) is 0 Å². The highest BCUT2D eigenvalue weighted by Gasteiger charge is 2.23. The molecule has 4 N–H and O–H groups in total. The number of carboxylic acid groups (broad SMARTS) is 1. The van der Waals surface area contributed by atoms with Gasteiger partial charge in [0.1, 0.15) is 11.5 Å². The van der Waals surface area contributed by atoms with Crippen LogP contribution in [0.4, 0.5) is 5.82 Å². The average Bonchev–Trinajstić information content (AvgIpc) is 2.84. The van der Waals surface area contributed by atoms with Gasteiger partial charge in [-0.05, 0) is 6.07 Å². The molecule has 2 aromatic heterocycles. The van der Waals surface area contributed by atoms with Crippen LogP contribution in [0.5, 0.6) is 0 Å². The molecule has 3 rings (SSSR count). The number of nitrogens with zero attached hydrogens (tertiary/aromatic N) is 2. The zero-order valence-corrected chi connectivity index (χ0v) is 10.8. The van der Waals surface area contributed by atoms with Gasteiger partial charge in [0.15, 0.2) is 0 Å². The molecule has 0 unspecified atom stereocenters. The molecule has 0 saturated carbocycles. The van der Waals surface area contributed by atoms with E-state index in [0.29, 0.717) is 5.69 Å². The number of benzene rings is 1. The molecule has 0 aliphatic carbocycles. The van der Waals surface area contributed by atoms with Crippen LogP contribution < -0.4 is 5.73 Å². The minimum atomic E-state index is -1.17. The number of halogens is 1. The van der Waals surface area contributed by atoms with E-state index in [1.165, 1.54) is 6.20 Å². The lowest BCUT2D eigenvalue weighted by atomic mass is 10.0. The smallest absolute Gasteiger partial charge is 0.338 e. The molecule has 0 aliphatic heterocycles. The molecule has 3 aromatic rings. The number of nitrogens with two attached hydrogens (primary N) is 1. The quantitative estimate of drug-likeness (QED) is 0.672. The first-order valence-corrected chi connectivity index (χ1v) is 6.08. The number of nitrogens with one attached hydrogen (secondary N) is 1. The van der Waals surface area contributed by atoms with Gasteiger partial charge in [0.25, 0.3) is 0 Å². The Morgan fingerprint density at radius 3 is 2.85 bits per heavy atom. The summed E-state index contributed by atoms with van der Waals surface area (Å²) in [4.78, 5) is 15.3. The van der Waals surface area contributed by atoms with Gasteiger partial charge in [0, 0.05) is 11.6 Å². The van der Waals surface area contributed by atoms with E-state index in [1.54, 1.807) is 0 Å². The minimum absolute atomic E-state index is 0.0220. The maximum Gasteiger partial charge on any atom is 0.338 e. The molecule has 20 heavy (non-hydrogen) atoms. The third-order valence-electron chi connectivity index (χ3n) is 2.98. The number of aromatic carboxylic acids is 1. The summed E-state index contributed by atoms with van der Waals surface area (Å²) in [6, 6.07) is 7.33. The zero-order chi connectivity index (χ0) is 14.3. The summed E-state index contributed by atoms with van der Waals surface area (Å²) in [6.07, 6.45) is 1.22. The molecule has 0 fully saturated rings. The second-order valence-corrected chi connectivity index (χ2v) is 4.57. The van der Waals surface area contributed by atoms with Crippen LogP contribution in [0.1, 0.15) is 10.4 Å². The Morgan fingerprint density at radius 2 is 2.10 bits per heavy atom. The molecular weight excluding hydrogens is 280 g/mol. The van der Waals surface area contributed by atoms with Gasteiger partial charge in [0.05, 0.1) is 21.7 Å². The highest BCUT2D eigenvalue weighted by Crippen LogP contribution is 2.35. The molecule has 1 aromatic carbocycles. The van der Waals surface area contributed by atoms with Gasteiger partial charge in [-0.1, -0.05) is 29.8 Å². The first-order chi connectivity index (χ1) is 9.59.